The number of nitrogens with one attached hydrogen (secondary N) is 1. The van der Waals surface area contributed by atoms with Crippen LogP contribution in [0.15, 0.2) is 29.2 Å². The SMILES string of the molecule is O=C(O)[C@H]1CN(C(=O)c2cccc(S(=O)(=O)NC3CC3)c2)C[C@@H]1C1CC1. The number of nitrogens with zero attached hydrogens (tertiary/aromatic N) is 1. The van der Waals surface area contributed by atoms with Crippen molar-refractivity contribution in [2.75, 3.05) is 13.1 Å². The van der Waals surface area contributed by atoms with Crippen molar-refractivity contribution < 1.29 is 23.1 Å². The number of carboxylic acids is 1. The zero-order valence-electron chi connectivity index (χ0n) is 14.3. The second-order valence-corrected chi connectivity index (χ2v) is 9.29. The molecule has 1 aliphatic heterocycles. The molecule has 1 amide bonds. The van der Waals surface area contributed by atoms with E-state index in [0.29, 0.717) is 12.5 Å². The van der Waals surface area contributed by atoms with Crippen LogP contribution in [-0.2, 0) is 14.8 Å². The van der Waals surface area contributed by atoms with Crippen molar-refractivity contribution in [1.82, 2.24) is 9.62 Å². The summed E-state index contributed by atoms with van der Waals surface area (Å²) in [5.74, 6) is -1.30. The molecule has 7 nitrogen and oxygen atoms in total. The highest BCUT2D eigenvalue weighted by atomic mass is 32.2. The number of carbonyl (C=O) groups is 2. The summed E-state index contributed by atoms with van der Waals surface area (Å²) in [7, 11) is -3.63. The topological polar surface area (TPSA) is 104 Å². The van der Waals surface area contributed by atoms with Crippen molar-refractivity contribution in [3.8, 4) is 0 Å². The third-order valence-corrected chi connectivity index (χ3v) is 7.01. The minimum absolute atomic E-state index is 0.0000939. The highest BCUT2D eigenvalue weighted by molar-refractivity contribution is 7.89. The van der Waals surface area contributed by atoms with Crippen LogP contribution in [0.1, 0.15) is 36.0 Å². The average molecular weight is 378 g/mol. The third kappa shape index (κ3) is 3.48. The van der Waals surface area contributed by atoms with Crippen molar-refractivity contribution in [1.29, 1.82) is 0 Å². The molecule has 2 N–H and O–H groups in total. The van der Waals surface area contributed by atoms with Crippen LogP contribution in [0.25, 0.3) is 0 Å². The Labute approximate surface area is 152 Å². The number of aliphatic carboxylic acids is 1. The standard InChI is InChI=1S/C18H22N2O5S/c21-17(20-9-15(11-4-5-11)16(10-20)18(22)23)12-2-1-3-14(8-12)26(24,25)19-13-6-7-13/h1-3,8,11,13,15-16,19H,4-7,9-10H2,(H,22,23)/t15-,16+/m1/s1. The van der Waals surface area contributed by atoms with Gasteiger partial charge in [0.2, 0.25) is 10.0 Å². The predicted molar refractivity (Wildman–Crippen MR) is 93.0 cm³/mol. The first-order valence-corrected chi connectivity index (χ1v) is 10.5. The third-order valence-electron chi connectivity index (χ3n) is 5.49. The maximum Gasteiger partial charge on any atom is 0.308 e. The van der Waals surface area contributed by atoms with Crippen molar-refractivity contribution in [3.63, 3.8) is 0 Å². The number of rotatable bonds is 6. The van der Waals surface area contributed by atoms with E-state index < -0.39 is 21.9 Å². The van der Waals surface area contributed by atoms with Crippen molar-refractivity contribution in [3.05, 3.63) is 29.8 Å². The van der Waals surface area contributed by atoms with Gasteiger partial charge in [0.05, 0.1) is 10.8 Å². The molecule has 0 aromatic heterocycles. The number of hydrogen-bond acceptors (Lipinski definition) is 4. The lowest BCUT2D eigenvalue weighted by atomic mass is 9.92. The summed E-state index contributed by atoms with van der Waals surface area (Å²) < 4.78 is 27.3. The fourth-order valence-corrected chi connectivity index (χ4v) is 5.08. The second kappa shape index (κ2) is 6.35. The summed E-state index contributed by atoms with van der Waals surface area (Å²) in [5, 5.41) is 9.45. The zero-order valence-corrected chi connectivity index (χ0v) is 15.1. The monoisotopic (exact) mass is 378 g/mol. The Kier molecular flexibility index (Phi) is 4.27. The fraction of sp³-hybridized carbons (Fsp3) is 0.556. The molecule has 0 unspecified atom stereocenters. The van der Waals surface area contributed by atoms with Crippen LogP contribution in [0.5, 0.6) is 0 Å². The molecule has 2 atom stereocenters. The molecule has 0 bridgehead atoms. The molecule has 3 fully saturated rings. The molecule has 3 aliphatic rings. The van der Waals surface area contributed by atoms with E-state index in [-0.39, 0.29) is 34.9 Å². The van der Waals surface area contributed by atoms with Gasteiger partial charge in [-0.2, -0.15) is 0 Å². The van der Waals surface area contributed by atoms with Crippen LogP contribution in [-0.4, -0.2) is 49.4 Å². The summed E-state index contributed by atoms with van der Waals surface area (Å²) >= 11 is 0. The molecule has 1 saturated heterocycles. The molecule has 1 aromatic rings. The molecule has 2 aliphatic carbocycles. The van der Waals surface area contributed by atoms with E-state index in [4.69, 9.17) is 0 Å². The van der Waals surface area contributed by atoms with E-state index in [2.05, 4.69) is 4.72 Å². The van der Waals surface area contributed by atoms with Gasteiger partial charge < -0.3 is 10.0 Å². The Morgan fingerprint density at radius 3 is 2.46 bits per heavy atom. The number of carboxylic acid groups (broad SMARTS) is 1. The number of carbonyl (C=O) groups excluding carboxylic acids is 1. The highest BCUT2D eigenvalue weighted by Crippen LogP contribution is 2.44. The van der Waals surface area contributed by atoms with Crippen LogP contribution in [0.2, 0.25) is 0 Å². The maximum atomic E-state index is 12.8. The molecule has 4 rings (SSSR count). The van der Waals surface area contributed by atoms with E-state index in [1.54, 1.807) is 17.0 Å². The Balaban J connectivity index is 1.53. The van der Waals surface area contributed by atoms with Gasteiger partial charge in [-0.1, -0.05) is 6.07 Å². The van der Waals surface area contributed by atoms with Crippen LogP contribution < -0.4 is 4.72 Å². The largest absolute Gasteiger partial charge is 0.481 e. The molecule has 1 heterocycles. The summed E-state index contributed by atoms with van der Waals surface area (Å²) in [4.78, 5) is 26.0. The molecule has 26 heavy (non-hydrogen) atoms. The predicted octanol–water partition coefficient (Wildman–Crippen LogP) is 1.31. The summed E-state index contributed by atoms with van der Waals surface area (Å²) in [6, 6.07) is 5.98. The van der Waals surface area contributed by atoms with Crippen molar-refractivity contribution in [2.45, 2.75) is 36.6 Å². The van der Waals surface area contributed by atoms with Gasteiger partial charge >= 0.3 is 5.97 Å². The van der Waals surface area contributed by atoms with Gasteiger partial charge in [-0.15, -0.1) is 0 Å². The van der Waals surface area contributed by atoms with E-state index in [1.807, 2.05) is 0 Å². The van der Waals surface area contributed by atoms with E-state index >= 15 is 0 Å². The van der Waals surface area contributed by atoms with Gasteiger partial charge in [-0.05, 0) is 55.7 Å². The van der Waals surface area contributed by atoms with Crippen LogP contribution >= 0.6 is 0 Å². The van der Waals surface area contributed by atoms with Gasteiger partial charge in [0.1, 0.15) is 0 Å². The summed E-state index contributed by atoms with van der Waals surface area (Å²) in [6.45, 7) is 0.615. The quantitative estimate of drug-likeness (QED) is 0.777. The number of hydrogen-bond donors (Lipinski definition) is 2. The first-order valence-electron chi connectivity index (χ1n) is 8.99. The second-order valence-electron chi connectivity index (χ2n) is 7.58. The first kappa shape index (κ1) is 17.5. The van der Waals surface area contributed by atoms with Crippen LogP contribution in [0, 0.1) is 17.8 Å². The Morgan fingerprint density at radius 2 is 1.85 bits per heavy atom. The number of likely N-dealkylation sites (tertiary alicyclic amines) is 1. The van der Waals surface area contributed by atoms with Gasteiger partial charge in [-0.25, -0.2) is 13.1 Å². The molecule has 140 valence electrons. The van der Waals surface area contributed by atoms with Gasteiger partial charge in [0, 0.05) is 24.7 Å². The number of amides is 1. The number of benzene rings is 1. The van der Waals surface area contributed by atoms with E-state index in [9.17, 15) is 23.1 Å². The zero-order chi connectivity index (χ0) is 18.5. The van der Waals surface area contributed by atoms with Crippen LogP contribution in [0.3, 0.4) is 0 Å². The number of sulfonamides is 1. The Morgan fingerprint density at radius 1 is 1.12 bits per heavy atom. The van der Waals surface area contributed by atoms with Crippen molar-refractivity contribution >= 4 is 21.9 Å². The Hall–Kier alpha value is -1.93. The van der Waals surface area contributed by atoms with Gasteiger partial charge in [0.25, 0.3) is 5.91 Å². The van der Waals surface area contributed by atoms with E-state index in [1.165, 1.54) is 12.1 Å². The summed E-state index contributed by atoms with van der Waals surface area (Å²) in [6.07, 6.45) is 3.73. The highest BCUT2D eigenvalue weighted by Gasteiger charge is 2.47. The average Bonchev–Trinajstić information content (AvgIpc) is 3.54. The van der Waals surface area contributed by atoms with E-state index in [0.717, 1.165) is 25.7 Å². The molecular formula is C18H22N2O5S. The summed E-state index contributed by atoms with van der Waals surface area (Å²) in [5.41, 5.74) is 0.282. The van der Waals surface area contributed by atoms with Gasteiger partial charge in [-0.3, -0.25) is 9.59 Å². The molecular weight excluding hydrogens is 356 g/mol. The smallest absolute Gasteiger partial charge is 0.308 e. The lowest BCUT2D eigenvalue weighted by molar-refractivity contribution is -0.142. The van der Waals surface area contributed by atoms with Gasteiger partial charge in [0.15, 0.2) is 0 Å². The fourth-order valence-electron chi connectivity index (χ4n) is 3.73. The lowest BCUT2D eigenvalue weighted by Gasteiger charge is -2.17. The lowest BCUT2D eigenvalue weighted by Crippen LogP contribution is -2.30. The molecule has 8 heteroatoms. The first-order chi connectivity index (χ1) is 12.3. The minimum Gasteiger partial charge on any atom is -0.481 e. The minimum atomic E-state index is -3.63. The Bertz CT molecular complexity index is 845. The van der Waals surface area contributed by atoms with Crippen LogP contribution in [0.4, 0.5) is 0 Å². The molecule has 0 radical (unpaired) electrons. The normalized spacial score (nSPS) is 26.1. The van der Waals surface area contributed by atoms with Crippen molar-refractivity contribution in [2.24, 2.45) is 17.8 Å². The maximum absolute atomic E-state index is 12.8. The molecule has 1 aromatic carbocycles. The molecule has 2 saturated carbocycles. The molecule has 0 spiro atoms.